The van der Waals surface area contributed by atoms with Crippen molar-refractivity contribution in [2.45, 2.75) is 53.4 Å². The molecule has 196 valence electrons. The van der Waals surface area contributed by atoms with Gasteiger partial charge < -0.3 is 4.90 Å². The highest BCUT2D eigenvalue weighted by atomic mass is 16.2. The van der Waals surface area contributed by atoms with E-state index >= 15 is 0 Å². The van der Waals surface area contributed by atoms with Gasteiger partial charge in [0, 0.05) is 50.4 Å². The van der Waals surface area contributed by atoms with Gasteiger partial charge in [0.2, 0.25) is 23.6 Å². The van der Waals surface area contributed by atoms with Crippen molar-refractivity contribution in [2.24, 2.45) is 17.3 Å². The summed E-state index contributed by atoms with van der Waals surface area (Å²) in [5, 5.41) is 0. The Morgan fingerprint density at radius 3 is 1.78 bits per heavy atom. The fourth-order valence-electron chi connectivity index (χ4n) is 5.98. The summed E-state index contributed by atoms with van der Waals surface area (Å²) in [6, 6.07) is 8.46. The first kappa shape index (κ1) is 26.3. The number of rotatable bonds is 9. The number of imide groups is 2. The van der Waals surface area contributed by atoms with Crippen molar-refractivity contribution >= 4 is 29.3 Å². The molecular formula is C28H40N4O4. The minimum Gasteiger partial charge on any atom is -0.369 e. The largest absolute Gasteiger partial charge is 0.369 e. The third-order valence-corrected chi connectivity index (χ3v) is 8.21. The van der Waals surface area contributed by atoms with E-state index in [1.54, 1.807) is 13.8 Å². The van der Waals surface area contributed by atoms with Crippen LogP contribution in [0.2, 0.25) is 0 Å². The number of aryl methyl sites for hydroxylation is 1. The molecule has 3 fully saturated rings. The lowest BCUT2D eigenvalue weighted by Gasteiger charge is -2.51. The van der Waals surface area contributed by atoms with E-state index in [2.05, 4.69) is 41.0 Å². The molecule has 0 aliphatic carbocycles. The van der Waals surface area contributed by atoms with Gasteiger partial charge in [0.25, 0.3) is 0 Å². The molecule has 4 rings (SSSR count). The number of nitrogens with zero attached hydrogens (tertiary/aromatic N) is 4. The first-order valence-electron chi connectivity index (χ1n) is 13.4. The molecular weight excluding hydrogens is 456 g/mol. The third-order valence-electron chi connectivity index (χ3n) is 8.21. The predicted octanol–water partition coefficient (Wildman–Crippen LogP) is 2.69. The Bertz CT molecular complexity index is 977. The van der Waals surface area contributed by atoms with Gasteiger partial charge in [-0.1, -0.05) is 45.4 Å². The minimum atomic E-state index is -0.988. The summed E-state index contributed by atoms with van der Waals surface area (Å²) in [6.07, 6.45) is 3.01. The Morgan fingerprint density at radius 2 is 1.25 bits per heavy atom. The quantitative estimate of drug-likeness (QED) is 0.297. The lowest BCUT2D eigenvalue weighted by Crippen LogP contribution is -2.70. The standard InChI is InChI=1S/C28H40N4O4/c1-5-6-14-31-24(33)22-26(35)32(27(36)23(25(31)34)28(22,3)4)15-10-9-13-29-16-18-30(19-17-29)21-12-8-7-11-20(21)2/h7-8,11-12,22-23H,5-6,9-10,13-19H2,1-4H3. The summed E-state index contributed by atoms with van der Waals surface area (Å²) in [4.78, 5) is 60.2. The normalized spacial score (nSPS) is 24.6. The molecule has 0 radical (unpaired) electrons. The highest BCUT2D eigenvalue weighted by Gasteiger charge is 2.64. The van der Waals surface area contributed by atoms with Crippen LogP contribution in [0.5, 0.6) is 0 Å². The average Bonchev–Trinajstić information content (AvgIpc) is 2.83. The van der Waals surface area contributed by atoms with Crippen LogP contribution >= 0.6 is 0 Å². The zero-order valence-electron chi connectivity index (χ0n) is 22.2. The Morgan fingerprint density at radius 1 is 0.750 bits per heavy atom. The molecule has 8 heteroatoms. The Kier molecular flexibility index (Phi) is 7.83. The summed E-state index contributed by atoms with van der Waals surface area (Å²) in [5.41, 5.74) is 1.60. The van der Waals surface area contributed by atoms with E-state index < -0.39 is 40.9 Å². The average molecular weight is 497 g/mol. The van der Waals surface area contributed by atoms with E-state index in [9.17, 15) is 19.2 Å². The van der Waals surface area contributed by atoms with Crippen LogP contribution in [0.15, 0.2) is 24.3 Å². The molecule has 3 aliphatic heterocycles. The molecule has 0 N–H and O–H groups in total. The number of para-hydroxylation sites is 1. The number of piperazine rings is 1. The summed E-state index contributed by atoms with van der Waals surface area (Å²) in [7, 11) is 0. The second kappa shape index (κ2) is 10.7. The summed E-state index contributed by atoms with van der Waals surface area (Å²) < 4.78 is 0. The molecule has 0 saturated carbocycles. The van der Waals surface area contributed by atoms with E-state index in [-0.39, 0.29) is 13.1 Å². The molecule has 1 aromatic carbocycles. The summed E-state index contributed by atoms with van der Waals surface area (Å²) in [6.45, 7) is 12.9. The zero-order valence-corrected chi connectivity index (χ0v) is 22.2. The molecule has 36 heavy (non-hydrogen) atoms. The molecule has 2 bridgehead atoms. The third kappa shape index (κ3) is 4.80. The number of unbranched alkanes of at least 4 members (excludes halogenated alkanes) is 2. The number of carbonyl (C=O) groups is 4. The first-order valence-corrected chi connectivity index (χ1v) is 13.4. The fraction of sp³-hybridized carbons (Fsp3) is 0.643. The number of carbonyl (C=O) groups excluding carboxylic acids is 4. The van der Waals surface area contributed by atoms with Crippen LogP contribution in [0.1, 0.15) is 52.0 Å². The van der Waals surface area contributed by atoms with Gasteiger partial charge in [-0.2, -0.15) is 0 Å². The fourth-order valence-corrected chi connectivity index (χ4v) is 5.98. The molecule has 0 aromatic heterocycles. The van der Waals surface area contributed by atoms with Crippen molar-refractivity contribution in [3.05, 3.63) is 29.8 Å². The van der Waals surface area contributed by atoms with Gasteiger partial charge >= 0.3 is 0 Å². The van der Waals surface area contributed by atoms with Crippen molar-refractivity contribution in [2.75, 3.05) is 50.7 Å². The summed E-state index contributed by atoms with van der Waals surface area (Å²) in [5.74, 6) is -3.69. The van der Waals surface area contributed by atoms with Crippen LogP contribution < -0.4 is 4.90 Å². The number of fused-ring (bicyclic) bond motifs is 2. The van der Waals surface area contributed by atoms with Crippen LogP contribution in [0.3, 0.4) is 0 Å². The maximum Gasteiger partial charge on any atom is 0.242 e. The molecule has 3 heterocycles. The molecule has 0 spiro atoms. The lowest BCUT2D eigenvalue weighted by molar-refractivity contribution is -0.184. The van der Waals surface area contributed by atoms with Crippen molar-refractivity contribution in [3.8, 4) is 0 Å². The first-order chi connectivity index (χ1) is 17.2. The Hall–Kier alpha value is -2.74. The number of hydrogen-bond acceptors (Lipinski definition) is 6. The van der Waals surface area contributed by atoms with E-state index in [1.807, 2.05) is 6.92 Å². The second-order valence-electron chi connectivity index (χ2n) is 11.0. The molecule has 3 aliphatic rings. The van der Waals surface area contributed by atoms with Crippen LogP contribution in [0.4, 0.5) is 5.69 Å². The van der Waals surface area contributed by atoms with Gasteiger partial charge in [0.15, 0.2) is 0 Å². The molecule has 8 nitrogen and oxygen atoms in total. The molecule has 2 unspecified atom stereocenters. The van der Waals surface area contributed by atoms with E-state index in [0.717, 1.165) is 50.5 Å². The van der Waals surface area contributed by atoms with Crippen molar-refractivity contribution in [1.29, 1.82) is 0 Å². The van der Waals surface area contributed by atoms with Crippen molar-refractivity contribution in [1.82, 2.24) is 14.7 Å². The van der Waals surface area contributed by atoms with Crippen LogP contribution in [0, 0.1) is 24.2 Å². The van der Waals surface area contributed by atoms with Gasteiger partial charge in [0.1, 0.15) is 11.8 Å². The lowest BCUT2D eigenvalue weighted by atomic mass is 9.62. The number of amides is 4. The molecule has 3 saturated heterocycles. The molecule has 4 amide bonds. The topological polar surface area (TPSA) is 81.2 Å². The van der Waals surface area contributed by atoms with E-state index in [1.165, 1.54) is 16.2 Å². The van der Waals surface area contributed by atoms with Gasteiger partial charge in [-0.25, -0.2) is 0 Å². The van der Waals surface area contributed by atoms with E-state index in [4.69, 9.17) is 0 Å². The van der Waals surface area contributed by atoms with Gasteiger partial charge in [-0.3, -0.25) is 33.9 Å². The minimum absolute atomic E-state index is 0.263. The Labute approximate surface area is 214 Å². The van der Waals surface area contributed by atoms with Crippen LogP contribution in [-0.4, -0.2) is 84.1 Å². The Balaban J connectivity index is 1.30. The van der Waals surface area contributed by atoms with Gasteiger partial charge in [-0.15, -0.1) is 0 Å². The second-order valence-corrected chi connectivity index (χ2v) is 11.0. The number of hydrogen-bond donors (Lipinski definition) is 0. The number of benzene rings is 1. The van der Waals surface area contributed by atoms with Crippen molar-refractivity contribution in [3.63, 3.8) is 0 Å². The van der Waals surface area contributed by atoms with Crippen molar-refractivity contribution < 1.29 is 19.2 Å². The number of anilines is 1. The molecule has 2 atom stereocenters. The number of likely N-dealkylation sites (tertiary alicyclic amines) is 2. The van der Waals surface area contributed by atoms with Crippen LogP contribution in [0.25, 0.3) is 0 Å². The summed E-state index contributed by atoms with van der Waals surface area (Å²) >= 11 is 0. The maximum absolute atomic E-state index is 13.3. The smallest absolute Gasteiger partial charge is 0.242 e. The van der Waals surface area contributed by atoms with Crippen LogP contribution in [-0.2, 0) is 19.2 Å². The highest BCUT2D eigenvalue weighted by Crippen LogP contribution is 2.47. The maximum atomic E-state index is 13.3. The predicted molar refractivity (Wildman–Crippen MR) is 138 cm³/mol. The monoisotopic (exact) mass is 496 g/mol. The number of piperidine rings is 2. The highest BCUT2D eigenvalue weighted by molar-refractivity contribution is 6.22. The SMILES string of the molecule is CCCCN1C(=O)C2C(=O)N(CCCCN3CCN(c4ccccc4C)CC3)C(=O)C(C1=O)C2(C)C. The van der Waals surface area contributed by atoms with Gasteiger partial charge in [0.05, 0.1) is 0 Å². The zero-order chi connectivity index (χ0) is 26.0. The molecule has 1 aromatic rings. The van der Waals surface area contributed by atoms with Gasteiger partial charge in [-0.05, 0) is 44.4 Å². The van der Waals surface area contributed by atoms with E-state index in [0.29, 0.717) is 12.8 Å².